The highest BCUT2D eigenvalue weighted by molar-refractivity contribution is 5.94. The van der Waals surface area contributed by atoms with E-state index >= 15 is 0 Å². The van der Waals surface area contributed by atoms with Crippen LogP contribution in [0.5, 0.6) is 0 Å². The molecule has 1 fully saturated rings. The summed E-state index contributed by atoms with van der Waals surface area (Å²) in [7, 11) is 0. The van der Waals surface area contributed by atoms with E-state index in [9.17, 15) is 9.59 Å². The molecule has 2 aliphatic heterocycles. The van der Waals surface area contributed by atoms with Crippen LogP contribution in [0.4, 0.5) is 5.82 Å². The zero-order valence-electron chi connectivity index (χ0n) is 14.0. The van der Waals surface area contributed by atoms with Crippen molar-refractivity contribution < 1.29 is 9.59 Å². The molecule has 1 aromatic heterocycles. The van der Waals surface area contributed by atoms with E-state index in [0.29, 0.717) is 13.2 Å². The highest BCUT2D eigenvalue weighted by atomic mass is 16.2. The van der Waals surface area contributed by atoms with Gasteiger partial charge in [0.15, 0.2) is 0 Å². The third-order valence-electron chi connectivity index (χ3n) is 4.80. The molecule has 0 spiro atoms. The third kappa shape index (κ3) is 3.93. The van der Waals surface area contributed by atoms with E-state index in [1.54, 1.807) is 11.1 Å². The molecular formula is C16H26N6O2. The number of amides is 2. The summed E-state index contributed by atoms with van der Waals surface area (Å²) < 4.78 is 1.84. The minimum atomic E-state index is -0.0416. The monoisotopic (exact) mass is 334 g/mol. The van der Waals surface area contributed by atoms with Gasteiger partial charge in [-0.25, -0.2) is 4.68 Å². The van der Waals surface area contributed by atoms with E-state index < -0.39 is 0 Å². The Morgan fingerprint density at radius 3 is 2.75 bits per heavy atom. The highest BCUT2D eigenvalue weighted by Gasteiger charge is 2.24. The summed E-state index contributed by atoms with van der Waals surface area (Å²) in [6.07, 6.45) is 4.91. The Morgan fingerprint density at radius 2 is 2.00 bits per heavy atom. The van der Waals surface area contributed by atoms with E-state index in [4.69, 9.17) is 5.73 Å². The normalized spacial score (nSPS) is 19.1. The minimum Gasteiger partial charge on any atom is -0.353 e. The number of hydrogen-bond donors (Lipinski definition) is 2. The number of carbonyl (C=O) groups is 2. The first-order chi connectivity index (χ1) is 11.7. The molecule has 3 rings (SSSR count). The Kier molecular flexibility index (Phi) is 5.47. The molecule has 1 aromatic rings. The number of anilines is 1. The largest absolute Gasteiger partial charge is 0.353 e. The fourth-order valence-corrected chi connectivity index (χ4v) is 3.39. The third-order valence-corrected chi connectivity index (χ3v) is 4.80. The van der Waals surface area contributed by atoms with Crippen LogP contribution in [-0.4, -0.2) is 58.8 Å². The number of nitrogens with one attached hydrogen (secondary N) is 1. The van der Waals surface area contributed by atoms with E-state index in [2.05, 4.69) is 15.3 Å². The van der Waals surface area contributed by atoms with Gasteiger partial charge in [-0.1, -0.05) is 0 Å². The second-order valence-corrected chi connectivity index (χ2v) is 6.45. The maximum Gasteiger partial charge on any atom is 0.228 e. The average Bonchev–Trinajstić information content (AvgIpc) is 3.09. The van der Waals surface area contributed by atoms with Crippen molar-refractivity contribution in [3.05, 3.63) is 12.3 Å². The van der Waals surface area contributed by atoms with Gasteiger partial charge >= 0.3 is 0 Å². The molecule has 3 N–H and O–H groups in total. The second kappa shape index (κ2) is 7.76. The topological polar surface area (TPSA) is 96.5 Å². The predicted octanol–water partition coefficient (Wildman–Crippen LogP) is -0.103. The number of carbonyl (C=O) groups excluding carboxylic acids is 2. The predicted molar refractivity (Wildman–Crippen MR) is 90.2 cm³/mol. The molecule has 132 valence electrons. The number of rotatable bonds is 5. The van der Waals surface area contributed by atoms with E-state index in [-0.39, 0.29) is 30.7 Å². The van der Waals surface area contributed by atoms with Gasteiger partial charge < -0.3 is 11.1 Å². The second-order valence-electron chi connectivity index (χ2n) is 6.45. The Balaban J connectivity index is 1.43. The van der Waals surface area contributed by atoms with Gasteiger partial charge in [-0.3, -0.25) is 19.4 Å². The molecule has 0 saturated carbocycles. The van der Waals surface area contributed by atoms with Crippen LogP contribution in [0.2, 0.25) is 0 Å². The summed E-state index contributed by atoms with van der Waals surface area (Å²) in [4.78, 5) is 28.4. The van der Waals surface area contributed by atoms with Crippen LogP contribution in [0.15, 0.2) is 12.3 Å². The zero-order chi connectivity index (χ0) is 16.9. The molecule has 8 nitrogen and oxygen atoms in total. The van der Waals surface area contributed by atoms with Crippen LogP contribution in [0.1, 0.15) is 32.1 Å². The summed E-state index contributed by atoms with van der Waals surface area (Å²) in [5, 5.41) is 7.25. The lowest BCUT2D eigenvalue weighted by Crippen LogP contribution is -2.46. The van der Waals surface area contributed by atoms with Gasteiger partial charge in [0, 0.05) is 57.8 Å². The standard InChI is InChI=1S/C16H26N6O2/c17-12-20-10-5-13(6-11-20)19-14(23)2-3-16(24)21-8-1-9-22-15(21)4-7-18-22/h4,7,13H,1-3,5-6,8-12,17H2,(H,19,23). The van der Waals surface area contributed by atoms with Crippen molar-refractivity contribution >= 4 is 17.6 Å². The molecule has 0 bridgehead atoms. The van der Waals surface area contributed by atoms with E-state index in [0.717, 1.165) is 44.7 Å². The van der Waals surface area contributed by atoms with Gasteiger partial charge in [0.2, 0.25) is 11.8 Å². The summed E-state index contributed by atoms with van der Waals surface area (Å²) in [5.41, 5.74) is 5.62. The van der Waals surface area contributed by atoms with Crippen molar-refractivity contribution in [3.63, 3.8) is 0 Å². The van der Waals surface area contributed by atoms with E-state index in [1.807, 2.05) is 10.7 Å². The maximum absolute atomic E-state index is 12.4. The summed E-state index contributed by atoms with van der Waals surface area (Å²) in [5.74, 6) is 0.783. The summed E-state index contributed by atoms with van der Waals surface area (Å²) in [6, 6.07) is 2.05. The first-order valence-corrected chi connectivity index (χ1v) is 8.71. The van der Waals surface area contributed by atoms with Gasteiger partial charge in [-0.2, -0.15) is 5.10 Å². The van der Waals surface area contributed by atoms with Crippen molar-refractivity contribution in [1.29, 1.82) is 0 Å². The molecule has 0 atom stereocenters. The SMILES string of the molecule is NCN1CCC(NC(=O)CCC(=O)N2CCCn3nccc32)CC1. The Morgan fingerprint density at radius 1 is 1.21 bits per heavy atom. The molecular weight excluding hydrogens is 308 g/mol. The molecule has 0 radical (unpaired) electrons. The molecule has 0 unspecified atom stereocenters. The van der Waals surface area contributed by atoms with Gasteiger partial charge in [0.1, 0.15) is 5.82 Å². The zero-order valence-corrected chi connectivity index (χ0v) is 14.0. The number of likely N-dealkylation sites (tertiary alicyclic amines) is 1. The van der Waals surface area contributed by atoms with Crippen LogP contribution in [0.3, 0.4) is 0 Å². The number of aromatic nitrogens is 2. The van der Waals surface area contributed by atoms with Crippen molar-refractivity contribution in [2.75, 3.05) is 31.2 Å². The lowest BCUT2D eigenvalue weighted by molar-refractivity contribution is -0.126. The summed E-state index contributed by atoms with van der Waals surface area (Å²) in [6.45, 7) is 3.94. The Bertz CT molecular complexity index is 579. The summed E-state index contributed by atoms with van der Waals surface area (Å²) >= 11 is 0. The molecule has 2 aliphatic rings. The number of piperidine rings is 1. The number of aryl methyl sites for hydroxylation is 1. The molecule has 0 aliphatic carbocycles. The van der Waals surface area contributed by atoms with Crippen molar-refractivity contribution in [2.24, 2.45) is 5.73 Å². The first-order valence-electron chi connectivity index (χ1n) is 8.71. The fourth-order valence-electron chi connectivity index (χ4n) is 3.39. The average molecular weight is 334 g/mol. The van der Waals surface area contributed by atoms with Crippen molar-refractivity contribution in [1.82, 2.24) is 20.0 Å². The van der Waals surface area contributed by atoms with Crippen LogP contribution < -0.4 is 16.0 Å². The molecule has 24 heavy (non-hydrogen) atoms. The maximum atomic E-state index is 12.4. The molecule has 2 amide bonds. The van der Waals surface area contributed by atoms with Crippen molar-refractivity contribution in [3.8, 4) is 0 Å². The Labute approximate surface area is 142 Å². The molecule has 0 aromatic carbocycles. The number of hydrogen-bond acceptors (Lipinski definition) is 5. The van der Waals surface area contributed by atoms with Crippen LogP contribution in [0.25, 0.3) is 0 Å². The first kappa shape index (κ1) is 16.9. The molecule has 3 heterocycles. The van der Waals surface area contributed by atoms with Gasteiger partial charge in [-0.15, -0.1) is 0 Å². The fraction of sp³-hybridized carbons (Fsp3) is 0.688. The number of nitrogens with zero attached hydrogens (tertiary/aromatic N) is 4. The van der Waals surface area contributed by atoms with E-state index in [1.165, 1.54) is 0 Å². The van der Waals surface area contributed by atoms with Gasteiger partial charge in [0.05, 0.1) is 6.20 Å². The quantitative estimate of drug-likeness (QED) is 0.784. The van der Waals surface area contributed by atoms with Crippen LogP contribution >= 0.6 is 0 Å². The molecule has 8 heteroatoms. The Hall–Kier alpha value is -1.93. The molecule has 1 saturated heterocycles. The van der Waals surface area contributed by atoms with Gasteiger partial charge in [0.25, 0.3) is 0 Å². The lowest BCUT2D eigenvalue weighted by atomic mass is 10.1. The highest BCUT2D eigenvalue weighted by Crippen LogP contribution is 2.20. The smallest absolute Gasteiger partial charge is 0.228 e. The minimum absolute atomic E-state index is 0.00967. The van der Waals surface area contributed by atoms with Crippen LogP contribution in [0, 0.1) is 0 Å². The number of nitrogens with two attached hydrogens (primary N) is 1. The number of fused-ring (bicyclic) bond motifs is 1. The van der Waals surface area contributed by atoms with Crippen molar-refractivity contribution in [2.45, 2.75) is 44.7 Å². The lowest BCUT2D eigenvalue weighted by Gasteiger charge is -2.31. The van der Waals surface area contributed by atoms with Crippen LogP contribution in [-0.2, 0) is 16.1 Å². The van der Waals surface area contributed by atoms with Gasteiger partial charge in [-0.05, 0) is 19.3 Å².